The number of hydrogen-bond donors (Lipinski definition) is 2. The van der Waals surface area contributed by atoms with Crippen LogP contribution in [0.2, 0.25) is 0 Å². The Kier molecular flexibility index (Phi) is 2.51. The third-order valence-corrected chi connectivity index (χ3v) is 2.78. The highest BCUT2D eigenvalue weighted by molar-refractivity contribution is 7.08. The maximum Gasteiger partial charge on any atom is 0.259 e. The Morgan fingerprint density at radius 2 is 2.27 bits per heavy atom. The van der Waals surface area contributed by atoms with Gasteiger partial charge in [0.2, 0.25) is 5.95 Å². The van der Waals surface area contributed by atoms with Crippen LogP contribution in [-0.2, 0) is 0 Å². The lowest BCUT2D eigenvalue weighted by Gasteiger charge is -1.98. The molecule has 1 amide bonds. The third kappa shape index (κ3) is 2.04. The molecule has 0 aliphatic carbocycles. The summed E-state index contributed by atoms with van der Waals surface area (Å²) in [6, 6.07) is 0. The summed E-state index contributed by atoms with van der Waals surface area (Å²) < 4.78 is 0. The molecule has 5 nitrogen and oxygen atoms in total. The van der Waals surface area contributed by atoms with Gasteiger partial charge in [-0.1, -0.05) is 0 Å². The Labute approximate surface area is 90.6 Å². The normalized spacial score (nSPS) is 10.3. The van der Waals surface area contributed by atoms with Gasteiger partial charge in [-0.2, -0.15) is 16.3 Å². The van der Waals surface area contributed by atoms with Crippen molar-refractivity contribution in [2.24, 2.45) is 0 Å². The molecule has 0 saturated carbocycles. The fourth-order valence-corrected chi connectivity index (χ4v) is 1.99. The van der Waals surface area contributed by atoms with E-state index in [1.165, 1.54) is 11.3 Å². The number of thiophene rings is 1. The van der Waals surface area contributed by atoms with Gasteiger partial charge < -0.3 is 0 Å². The largest absolute Gasteiger partial charge is 0.289 e. The van der Waals surface area contributed by atoms with E-state index in [9.17, 15) is 4.79 Å². The van der Waals surface area contributed by atoms with Crippen LogP contribution in [0.4, 0.5) is 5.95 Å². The first-order chi connectivity index (χ1) is 7.16. The van der Waals surface area contributed by atoms with E-state index in [4.69, 9.17) is 0 Å². The van der Waals surface area contributed by atoms with Crippen molar-refractivity contribution >= 4 is 23.2 Å². The quantitative estimate of drug-likeness (QED) is 0.813. The second kappa shape index (κ2) is 3.82. The summed E-state index contributed by atoms with van der Waals surface area (Å²) in [5.74, 6) is 0.809. The summed E-state index contributed by atoms with van der Waals surface area (Å²) in [5.41, 5.74) is 1.63. The van der Waals surface area contributed by atoms with E-state index in [1.54, 1.807) is 6.92 Å². The third-order valence-electron chi connectivity index (χ3n) is 1.92. The Hall–Kier alpha value is -1.69. The van der Waals surface area contributed by atoms with Crippen molar-refractivity contribution in [1.29, 1.82) is 0 Å². The molecule has 0 unspecified atom stereocenters. The summed E-state index contributed by atoms with van der Waals surface area (Å²) in [4.78, 5) is 15.7. The van der Waals surface area contributed by atoms with Crippen LogP contribution in [0.3, 0.4) is 0 Å². The van der Waals surface area contributed by atoms with Gasteiger partial charge in [0.05, 0.1) is 5.56 Å². The standard InChI is InChI=1S/C9H10N4OS/c1-5-3-15-4-7(5)8(14)11-9-10-6(2)12-13-9/h3-4H,1-2H3,(H2,10,11,12,13,14). The van der Waals surface area contributed by atoms with Gasteiger partial charge in [0.15, 0.2) is 0 Å². The SMILES string of the molecule is Cc1nc(NC(=O)c2cscc2C)n[nH]1. The van der Waals surface area contributed by atoms with E-state index in [0.717, 1.165) is 5.56 Å². The van der Waals surface area contributed by atoms with Crippen LogP contribution in [0.25, 0.3) is 0 Å². The fourth-order valence-electron chi connectivity index (χ4n) is 1.16. The molecule has 2 aromatic rings. The predicted molar refractivity (Wildman–Crippen MR) is 58.1 cm³/mol. The minimum Gasteiger partial charge on any atom is -0.289 e. The molecule has 2 rings (SSSR count). The molecule has 0 radical (unpaired) electrons. The van der Waals surface area contributed by atoms with Crippen molar-refractivity contribution in [2.45, 2.75) is 13.8 Å². The zero-order valence-electron chi connectivity index (χ0n) is 8.37. The predicted octanol–water partition coefficient (Wildman–Crippen LogP) is 1.74. The van der Waals surface area contributed by atoms with Crippen molar-refractivity contribution in [3.05, 3.63) is 27.7 Å². The second-order valence-corrected chi connectivity index (χ2v) is 3.91. The summed E-state index contributed by atoms with van der Waals surface area (Å²) >= 11 is 1.50. The molecule has 0 aromatic carbocycles. The van der Waals surface area contributed by atoms with E-state index in [-0.39, 0.29) is 5.91 Å². The number of aromatic amines is 1. The minimum absolute atomic E-state index is 0.173. The second-order valence-electron chi connectivity index (χ2n) is 3.17. The van der Waals surface area contributed by atoms with Crippen LogP contribution >= 0.6 is 11.3 Å². The van der Waals surface area contributed by atoms with Gasteiger partial charge in [0, 0.05) is 5.38 Å². The smallest absolute Gasteiger partial charge is 0.259 e. The number of H-pyrrole nitrogens is 1. The van der Waals surface area contributed by atoms with Gasteiger partial charge in [0.1, 0.15) is 5.82 Å². The van der Waals surface area contributed by atoms with Gasteiger partial charge in [-0.3, -0.25) is 15.2 Å². The average Bonchev–Trinajstić information content (AvgIpc) is 2.75. The van der Waals surface area contributed by atoms with Gasteiger partial charge >= 0.3 is 0 Å². The summed E-state index contributed by atoms with van der Waals surface area (Å²) in [6.07, 6.45) is 0. The van der Waals surface area contributed by atoms with Crippen LogP contribution in [0, 0.1) is 13.8 Å². The molecule has 0 spiro atoms. The molecule has 0 aliphatic rings. The molecule has 2 N–H and O–H groups in total. The van der Waals surface area contributed by atoms with Crippen LogP contribution in [0.5, 0.6) is 0 Å². The number of nitrogens with zero attached hydrogens (tertiary/aromatic N) is 2. The molecule has 78 valence electrons. The minimum atomic E-state index is -0.173. The number of amides is 1. The highest BCUT2D eigenvalue weighted by atomic mass is 32.1. The van der Waals surface area contributed by atoms with E-state index in [1.807, 2.05) is 17.7 Å². The number of anilines is 1. The van der Waals surface area contributed by atoms with Crippen LogP contribution in [0.1, 0.15) is 21.7 Å². The van der Waals surface area contributed by atoms with Crippen molar-refractivity contribution in [3.8, 4) is 0 Å². The molecule has 0 fully saturated rings. The Bertz CT molecular complexity index is 488. The molecule has 0 saturated heterocycles. The first-order valence-corrected chi connectivity index (χ1v) is 5.34. The van der Waals surface area contributed by atoms with Gasteiger partial charge in [-0.05, 0) is 24.8 Å². The number of aryl methyl sites for hydroxylation is 2. The fraction of sp³-hybridized carbons (Fsp3) is 0.222. The number of rotatable bonds is 2. The molecular formula is C9H10N4OS. The van der Waals surface area contributed by atoms with Crippen molar-refractivity contribution < 1.29 is 4.79 Å². The molecular weight excluding hydrogens is 212 g/mol. The lowest BCUT2D eigenvalue weighted by atomic mass is 10.2. The molecule has 0 bridgehead atoms. The summed E-state index contributed by atoms with van der Waals surface area (Å²) in [5, 5.41) is 12.8. The van der Waals surface area contributed by atoms with Crippen molar-refractivity contribution in [1.82, 2.24) is 15.2 Å². The van der Waals surface area contributed by atoms with E-state index < -0.39 is 0 Å². The number of nitrogens with one attached hydrogen (secondary N) is 2. The van der Waals surface area contributed by atoms with Gasteiger partial charge in [-0.15, -0.1) is 5.10 Å². The van der Waals surface area contributed by atoms with E-state index >= 15 is 0 Å². The van der Waals surface area contributed by atoms with Crippen molar-refractivity contribution in [3.63, 3.8) is 0 Å². The Morgan fingerprint density at radius 3 is 2.80 bits per heavy atom. The highest BCUT2D eigenvalue weighted by Crippen LogP contribution is 2.14. The van der Waals surface area contributed by atoms with E-state index in [2.05, 4.69) is 20.5 Å². The Balaban J connectivity index is 2.14. The monoisotopic (exact) mass is 222 g/mol. The number of carbonyl (C=O) groups is 1. The van der Waals surface area contributed by atoms with E-state index in [0.29, 0.717) is 17.3 Å². The van der Waals surface area contributed by atoms with Crippen LogP contribution in [-0.4, -0.2) is 21.1 Å². The lowest BCUT2D eigenvalue weighted by Crippen LogP contribution is -2.13. The lowest BCUT2D eigenvalue weighted by molar-refractivity contribution is 0.102. The highest BCUT2D eigenvalue weighted by Gasteiger charge is 2.11. The Morgan fingerprint density at radius 1 is 1.47 bits per heavy atom. The molecule has 2 heterocycles. The zero-order valence-corrected chi connectivity index (χ0v) is 9.18. The first-order valence-electron chi connectivity index (χ1n) is 4.40. The maximum absolute atomic E-state index is 11.7. The maximum atomic E-state index is 11.7. The molecule has 6 heteroatoms. The number of carbonyl (C=O) groups excluding carboxylic acids is 1. The topological polar surface area (TPSA) is 70.7 Å². The molecule has 15 heavy (non-hydrogen) atoms. The van der Waals surface area contributed by atoms with Crippen molar-refractivity contribution in [2.75, 3.05) is 5.32 Å². The van der Waals surface area contributed by atoms with Gasteiger partial charge in [-0.25, -0.2) is 0 Å². The van der Waals surface area contributed by atoms with Crippen LogP contribution < -0.4 is 5.32 Å². The average molecular weight is 222 g/mol. The molecule has 0 atom stereocenters. The first kappa shape index (κ1) is 9.85. The van der Waals surface area contributed by atoms with Gasteiger partial charge in [0.25, 0.3) is 5.91 Å². The molecule has 0 aliphatic heterocycles. The zero-order chi connectivity index (χ0) is 10.8. The van der Waals surface area contributed by atoms with Crippen LogP contribution in [0.15, 0.2) is 10.8 Å². The summed E-state index contributed by atoms with van der Waals surface area (Å²) in [7, 11) is 0. The number of hydrogen-bond acceptors (Lipinski definition) is 4. The summed E-state index contributed by atoms with van der Waals surface area (Å²) in [6.45, 7) is 3.67. The molecule has 2 aromatic heterocycles. The number of aromatic nitrogens is 3.